The highest BCUT2D eigenvalue weighted by molar-refractivity contribution is 5.85. The fraction of sp³-hybridized carbons (Fsp3) is 0.818. The first-order valence-corrected chi connectivity index (χ1v) is 6.19. The van der Waals surface area contributed by atoms with Crippen LogP contribution in [0.25, 0.3) is 0 Å². The van der Waals surface area contributed by atoms with Gasteiger partial charge in [0.2, 0.25) is 0 Å². The number of oxime groups is 1. The van der Waals surface area contributed by atoms with E-state index in [1.807, 2.05) is 11.8 Å². The van der Waals surface area contributed by atoms with Gasteiger partial charge in [-0.3, -0.25) is 4.90 Å². The standard InChI is InChI=1S/C11H23N5O2/c1-4-9(10(12)13-18)15-5-7-16(8-6-15)11(17)14(2)3/h9,18H,4-8H2,1-3H3,(H2,12,13). The summed E-state index contributed by atoms with van der Waals surface area (Å²) in [6.45, 7) is 4.83. The molecule has 0 radical (unpaired) electrons. The van der Waals surface area contributed by atoms with Crippen molar-refractivity contribution in [1.82, 2.24) is 14.7 Å². The van der Waals surface area contributed by atoms with Gasteiger partial charge >= 0.3 is 6.03 Å². The van der Waals surface area contributed by atoms with Gasteiger partial charge in [0.1, 0.15) is 0 Å². The summed E-state index contributed by atoms with van der Waals surface area (Å²) in [6, 6.07) is -0.0156. The van der Waals surface area contributed by atoms with E-state index in [1.165, 1.54) is 0 Å². The molecule has 1 heterocycles. The summed E-state index contributed by atoms with van der Waals surface area (Å²) in [5.74, 6) is 0.241. The first-order valence-electron chi connectivity index (χ1n) is 6.19. The maximum absolute atomic E-state index is 11.8. The second kappa shape index (κ2) is 6.44. The molecule has 18 heavy (non-hydrogen) atoms. The van der Waals surface area contributed by atoms with Crippen molar-refractivity contribution in [3.8, 4) is 0 Å². The van der Waals surface area contributed by atoms with Gasteiger partial charge in [-0.1, -0.05) is 12.1 Å². The molecule has 1 rings (SSSR count). The number of piperazine rings is 1. The van der Waals surface area contributed by atoms with E-state index in [0.717, 1.165) is 19.5 Å². The minimum absolute atomic E-state index is 0.0338. The van der Waals surface area contributed by atoms with Crippen molar-refractivity contribution in [2.24, 2.45) is 10.9 Å². The van der Waals surface area contributed by atoms with E-state index in [2.05, 4.69) is 10.1 Å². The Morgan fingerprint density at radius 2 is 1.94 bits per heavy atom. The minimum Gasteiger partial charge on any atom is -0.409 e. The largest absolute Gasteiger partial charge is 0.409 e. The molecule has 2 amide bonds. The predicted molar refractivity (Wildman–Crippen MR) is 69.7 cm³/mol. The van der Waals surface area contributed by atoms with Crippen molar-refractivity contribution in [1.29, 1.82) is 0 Å². The zero-order chi connectivity index (χ0) is 13.7. The molecule has 1 atom stereocenters. The number of carbonyl (C=O) groups is 1. The fourth-order valence-corrected chi connectivity index (χ4v) is 2.23. The third-order valence-corrected chi connectivity index (χ3v) is 3.25. The zero-order valence-electron chi connectivity index (χ0n) is 11.3. The molecular weight excluding hydrogens is 234 g/mol. The van der Waals surface area contributed by atoms with Gasteiger partial charge in [0.25, 0.3) is 0 Å². The first-order chi connectivity index (χ1) is 8.51. The predicted octanol–water partition coefficient (Wildman–Crippen LogP) is -0.189. The lowest BCUT2D eigenvalue weighted by molar-refractivity contribution is 0.111. The molecule has 1 aliphatic rings. The van der Waals surface area contributed by atoms with E-state index < -0.39 is 0 Å². The van der Waals surface area contributed by atoms with Crippen LogP contribution >= 0.6 is 0 Å². The van der Waals surface area contributed by atoms with E-state index in [0.29, 0.717) is 13.1 Å². The molecular formula is C11H23N5O2. The van der Waals surface area contributed by atoms with Gasteiger partial charge in [0.05, 0.1) is 6.04 Å². The van der Waals surface area contributed by atoms with Crippen molar-refractivity contribution in [3.05, 3.63) is 0 Å². The lowest BCUT2D eigenvalue weighted by atomic mass is 10.1. The molecule has 1 saturated heterocycles. The van der Waals surface area contributed by atoms with Crippen molar-refractivity contribution >= 4 is 11.9 Å². The molecule has 1 fully saturated rings. The Balaban J connectivity index is 2.55. The van der Waals surface area contributed by atoms with Crippen molar-refractivity contribution < 1.29 is 10.0 Å². The zero-order valence-corrected chi connectivity index (χ0v) is 11.3. The lowest BCUT2D eigenvalue weighted by Crippen LogP contribution is -2.56. The van der Waals surface area contributed by atoms with Crippen LogP contribution in [0.3, 0.4) is 0 Å². The summed E-state index contributed by atoms with van der Waals surface area (Å²) < 4.78 is 0. The number of urea groups is 1. The van der Waals surface area contributed by atoms with Crippen LogP contribution in [0.1, 0.15) is 13.3 Å². The van der Waals surface area contributed by atoms with Gasteiger partial charge in [0.15, 0.2) is 5.84 Å². The number of amidine groups is 1. The lowest BCUT2D eigenvalue weighted by Gasteiger charge is -2.39. The van der Waals surface area contributed by atoms with Gasteiger partial charge in [-0.15, -0.1) is 0 Å². The number of carbonyl (C=O) groups excluding carboxylic acids is 1. The molecule has 3 N–H and O–H groups in total. The highest BCUT2D eigenvalue weighted by Gasteiger charge is 2.27. The van der Waals surface area contributed by atoms with Gasteiger partial charge < -0.3 is 20.7 Å². The van der Waals surface area contributed by atoms with Crippen LogP contribution in [0.2, 0.25) is 0 Å². The highest BCUT2D eigenvalue weighted by atomic mass is 16.4. The Labute approximate surface area is 108 Å². The summed E-state index contributed by atoms with van der Waals surface area (Å²) in [7, 11) is 3.50. The maximum Gasteiger partial charge on any atom is 0.319 e. The van der Waals surface area contributed by atoms with E-state index >= 15 is 0 Å². The molecule has 0 saturated carbocycles. The second-order valence-corrected chi connectivity index (χ2v) is 4.65. The number of hydrogen-bond acceptors (Lipinski definition) is 4. The number of rotatable bonds is 3. The van der Waals surface area contributed by atoms with E-state index in [1.54, 1.807) is 19.0 Å². The van der Waals surface area contributed by atoms with Gasteiger partial charge in [-0.05, 0) is 6.42 Å². The Kier molecular flexibility index (Phi) is 5.21. The van der Waals surface area contributed by atoms with E-state index in [4.69, 9.17) is 10.9 Å². The molecule has 0 aromatic carbocycles. The average molecular weight is 257 g/mol. The highest BCUT2D eigenvalue weighted by Crippen LogP contribution is 2.10. The average Bonchev–Trinajstić information content (AvgIpc) is 2.39. The molecule has 0 aromatic rings. The minimum atomic E-state index is -0.0494. The maximum atomic E-state index is 11.8. The number of amides is 2. The Morgan fingerprint density at radius 3 is 2.33 bits per heavy atom. The fourth-order valence-electron chi connectivity index (χ4n) is 2.23. The summed E-state index contributed by atoms with van der Waals surface area (Å²) in [6.07, 6.45) is 0.789. The third kappa shape index (κ3) is 3.25. The first kappa shape index (κ1) is 14.6. The number of hydrogen-bond donors (Lipinski definition) is 2. The normalized spacial score (nSPS) is 19.7. The van der Waals surface area contributed by atoms with Crippen molar-refractivity contribution in [3.63, 3.8) is 0 Å². The SMILES string of the molecule is CCC(C(N)=NO)N1CCN(C(=O)N(C)C)CC1. The third-order valence-electron chi connectivity index (χ3n) is 3.25. The summed E-state index contributed by atoms with van der Waals surface area (Å²) in [5.41, 5.74) is 5.67. The van der Waals surface area contributed by atoms with E-state index in [9.17, 15) is 4.79 Å². The monoisotopic (exact) mass is 257 g/mol. The molecule has 0 aromatic heterocycles. The second-order valence-electron chi connectivity index (χ2n) is 4.65. The van der Waals surface area contributed by atoms with Crippen LogP contribution in [0, 0.1) is 0 Å². The number of nitrogens with two attached hydrogens (primary N) is 1. The summed E-state index contributed by atoms with van der Waals surface area (Å²) >= 11 is 0. The van der Waals surface area contributed by atoms with Crippen LogP contribution in [0.5, 0.6) is 0 Å². The van der Waals surface area contributed by atoms with Crippen molar-refractivity contribution in [2.75, 3.05) is 40.3 Å². The van der Waals surface area contributed by atoms with Gasteiger partial charge in [-0.25, -0.2) is 4.79 Å². The molecule has 7 heteroatoms. The smallest absolute Gasteiger partial charge is 0.319 e. The van der Waals surface area contributed by atoms with Gasteiger partial charge in [0, 0.05) is 40.3 Å². The van der Waals surface area contributed by atoms with Crippen LogP contribution < -0.4 is 5.73 Å². The molecule has 7 nitrogen and oxygen atoms in total. The van der Waals surface area contributed by atoms with Crippen molar-refractivity contribution in [2.45, 2.75) is 19.4 Å². The molecule has 1 aliphatic heterocycles. The van der Waals surface area contributed by atoms with Gasteiger partial charge in [-0.2, -0.15) is 0 Å². The van der Waals surface area contributed by atoms with Crippen LogP contribution in [0.15, 0.2) is 5.16 Å². The van der Waals surface area contributed by atoms with Crippen LogP contribution in [-0.4, -0.2) is 78.1 Å². The Hall–Kier alpha value is -1.50. The quantitative estimate of drug-likeness (QED) is 0.318. The summed E-state index contributed by atoms with van der Waals surface area (Å²) in [5, 5.41) is 11.8. The van der Waals surface area contributed by atoms with Crippen LogP contribution in [-0.2, 0) is 0 Å². The molecule has 0 bridgehead atoms. The Bertz CT molecular complexity index is 311. The topological polar surface area (TPSA) is 85.4 Å². The Morgan fingerprint density at radius 1 is 1.39 bits per heavy atom. The van der Waals surface area contributed by atoms with E-state index in [-0.39, 0.29) is 17.9 Å². The molecule has 0 aliphatic carbocycles. The molecule has 0 spiro atoms. The van der Waals surface area contributed by atoms with Crippen LogP contribution in [0.4, 0.5) is 4.79 Å². The molecule has 104 valence electrons. The number of nitrogens with zero attached hydrogens (tertiary/aromatic N) is 4. The molecule has 1 unspecified atom stereocenters. The summed E-state index contributed by atoms with van der Waals surface area (Å²) in [4.78, 5) is 17.3.